The zero-order chi connectivity index (χ0) is 15.1. The number of sulfone groups is 1. The lowest BCUT2D eigenvalue weighted by Crippen LogP contribution is -2.39. The van der Waals surface area contributed by atoms with Gasteiger partial charge < -0.3 is 10.6 Å². The first-order chi connectivity index (χ1) is 9.97. The summed E-state index contributed by atoms with van der Waals surface area (Å²) in [4.78, 5) is 2.44. The van der Waals surface area contributed by atoms with Crippen LogP contribution in [0, 0.1) is 5.41 Å². The third-order valence-electron chi connectivity index (χ3n) is 5.12. The van der Waals surface area contributed by atoms with Crippen LogP contribution in [-0.2, 0) is 9.84 Å². The second-order valence-corrected chi connectivity index (χ2v) is 9.27. The summed E-state index contributed by atoms with van der Waals surface area (Å²) in [5.41, 5.74) is 6.34. The lowest BCUT2D eigenvalue weighted by molar-refractivity contribution is 0.227. The van der Waals surface area contributed by atoms with Gasteiger partial charge in [0.15, 0.2) is 15.7 Å². The Balaban J connectivity index is 1.83. The number of piperidine rings is 1. The van der Waals surface area contributed by atoms with Gasteiger partial charge in [0.05, 0.1) is 5.75 Å². The van der Waals surface area contributed by atoms with E-state index in [4.69, 9.17) is 5.73 Å². The monoisotopic (exact) mass is 329 g/mol. The lowest BCUT2D eigenvalue weighted by atomic mass is 9.77. The second-order valence-electron chi connectivity index (χ2n) is 6.30. The number of nitrogens with two attached hydrogens (primary N) is 1. The predicted molar refractivity (Wildman–Crippen MR) is 86.6 cm³/mol. The molecule has 1 aromatic heterocycles. The van der Waals surface area contributed by atoms with E-state index < -0.39 is 9.84 Å². The van der Waals surface area contributed by atoms with Gasteiger partial charge in [-0.15, -0.1) is 0 Å². The van der Waals surface area contributed by atoms with Crippen molar-refractivity contribution in [2.24, 2.45) is 5.41 Å². The summed E-state index contributed by atoms with van der Waals surface area (Å²) in [6.45, 7) is 3.50. The summed E-state index contributed by atoms with van der Waals surface area (Å²) in [6, 6.07) is 0. The van der Waals surface area contributed by atoms with E-state index in [0.717, 1.165) is 30.9 Å². The third-order valence-corrected chi connectivity index (χ3v) is 7.96. The summed E-state index contributed by atoms with van der Waals surface area (Å²) < 4.78 is 28.6. The summed E-state index contributed by atoms with van der Waals surface area (Å²) in [5, 5.41) is 0.752. The van der Waals surface area contributed by atoms with Crippen molar-refractivity contribution < 1.29 is 8.42 Å². The Morgan fingerprint density at radius 1 is 1.24 bits per heavy atom. The van der Waals surface area contributed by atoms with Crippen LogP contribution < -0.4 is 10.6 Å². The van der Waals surface area contributed by atoms with Gasteiger partial charge >= 0.3 is 0 Å². The Morgan fingerprint density at radius 3 is 2.43 bits per heavy atom. The third kappa shape index (κ3) is 2.65. The van der Waals surface area contributed by atoms with Crippen molar-refractivity contribution >= 4 is 32.2 Å². The molecule has 1 aliphatic carbocycles. The fourth-order valence-electron chi connectivity index (χ4n) is 3.73. The highest BCUT2D eigenvalue weighted by atomic mass is 32.2. The van der Waals surface area contributed by atoms with Crippen LogP contribution in [0.5, 0.6) is 0 Å². The minimum absolute atomic E-state index is 0.0698. The van der Waals surface area contributed by atoms with E-state index in [1.165, 1.54) is 37.2 Å². The van der Waals surface area contributed by atoms with Gasteiger partial charge in [-0.2, -0.15) is 4.37 Å². The highest BCUT2D eigenvalue weighted by molar-refractivity contribution is 7.91. The molecule has 2 N–H and O–H groups in total. The zero-order valence-corrected chi connectivity index (χ0v) is 14.1. The molecule has 0 bridgehead atoms. The van der Waals surface area contributed by atoms with Crippen LogP contribution in [0.3, 0.4) is 0 Å². The van der Waals surface area contributed by atoms with E-state index >= 15 is 0 Å². The van der Waals surface area contributed by atoms with Crippen molar-refractivity contribution in [1.82, 2.24) is 4.37 Å². The van der Waals surface area contributed by atoms with Crippen molar-refractivity contribution in [2.45, 2.75) is 50.3 Å². The molecule has 7 heteroatoms. The highest BCUT2D eigenvalue weighted by Crippen LogP contribution is 2.48. The minimum atomic E-state index is -3.31. The molecule has 2 heterocycles. The number of aromatic nitrogens is 1. The Kier molecular flexibility index (Phi) is 3.90. The van der Waals surface area contributed by atoms with Crippen molar-refractivity contribution in [2.75, 3.05) is 29.5 Å². The van der Waals surface area contributed by atoms with Gasteiger partial charge in [-0.25, -0.2) is 8.42 Å². The molecule has 1 saturated carbocycles. The molecule has 0 atom stereocenters. The average Bonchev–Trinajstić information content (AvgIpc) is 3.08. The molecule has 1 spiro atoms. The SMILES string of the molecule is CCS(=O)(=O)c1c(N)nsc1N1CCC2(CCCC2)CC1. The lowest BCUT2D eigenvalue weighted by Gasteiger charge is -2.40. The fourth-order valence-corrected chi connectivity index (χ4v) is 6.09. The molecule has 118 valence electrons. The Hall–Kier alpha value is -0.820. The van der Waals surface area contributed by atoms with Gasteiger partial charge in [-0.1, -0.05) is 19.8 Å². The molecule has 1 aliphatic heterocycles. The molecule has 0 radical (unpaired) electrons. The van der Waals surface area contributed by atoms with E-state index in [9.17, 15) is 8.42 Å². The van der Waals surface area contributed by atoms with Crippen molar-refractivity contribution in [3.63, 3.8) is 0 Å². The normalized spacial score (nSPS) is 22.0. The van der Waals surface area contributed by atoms with Crippen LogP contribution in [0.15, 0.2) is 4.90 Å². The van der Waals surface area contributed by atoms with Crippen molar-refractivity contribution in [1.29, 1.82) is 0 Å². The smallest absolute Gasteiger partial charge is 0.184 e. The van der Waals surface area contributed by atoms with E-state index in [2.05, 4.69) is 9.27 Å². The number of nitrogens with zero attached hydrogens (tertiary/aromatic N) is 2. The number of hydrogen-bond donors (Lipinski definition) is 1. The van der Waals surface area contributed by atoms with Crippen LogP contribution in [0.2, 0.25) is 0 Å². The molecule has 0 aromatic carbocycles. The first-order valence-corrected chi connectivity index (χ1v) is 10.1. The molecule has 2 aliphatic rings. The summed E-state index contributed by atoms with van der Waals surface area (Å²) in [6.07, 6.45) is 7.70. The summed E-state index contributed by atoms with van der Waals surface area (Å²) >= 11 is 1.23. The standard InChI is InChI=1S/C14H23N3O2S2/c1-2-21(18,19)11-12(15)16-20-13(11)17-9-7-14(8-10-17)5-3-4-6-14/h2-10H2,1H3,(H2,15,16). The van der Waals surface area contributed by atoms with Crippen LogP contribution in [-0.4, -0.2) is 31.6 Å². The first-order valence-electron chi connectivity index (χ1n) is 7.70. The van der Waals surface area contributed by atoms with Crippen molar-refractivity contribution in [3.05, 3.63) is 0 Å². The van der Waals surface area contributed by atoms with Crippen LogP contribution >= 0.6 is 11.5 Å². The fraction of sp³-hybridized carbons (Fsp3) is 0.786. The Labute approximate surface area is 130 Å². The maximum atomic E-state index is 12.3. The van der Waals surface area contributed by atoms with E-state index in [-0.39, 0.29) is 16.5 Å². The number of hydrogen-bond acceptors (Lipinski definition) is 6. The Bertz CT molecular complexity index is 608. The molecular formula is C14H23N3O2S2. The summed E-state index contributed by atoms with van der Waals surface area (Å²) in [7, 11) is -3.31. The van der Waals surface area contributed by atoms with Gasteiger partial charge in [0.1, 0.15) is 9.90 Å². The van der Waals surface area contributed by atoms with Gasteiger partial charge in [0, 0.05) is 13.1 Å². The van der Waals surface area contributed by atoms with Crippen LogP contribution in [0.1, 0.15) is 45.4 Å². The van der Waals surface area contributed by atoms with Gasteiger partial charge in [0.2, 0.25) is 0 Å². The number of nitrogen functional groups attached to an aromatic ring is 1. The minimum Gasteiger partial charge on any atom is -0.382 e. The van der Waals surface area contributed by atoms with E-state index in [1.807, 2.05) is 0 Å². The van der Waals surface area contributed by atoms with Crippen molar-refractivity contribution in [3.8, 4) is 0 Å². The molecule has 21 heavy (non-hydrogen) atoms. The molecule has 2 fully saturated rings. The molecule has 5 nitrogen and oxygen atoms in total. The van der Waals surface area contributed by atoms with Gasteiger partial charge in [-0.3, -0.25) is 0 Å². The molecule has 3 rings (SSSR count). The number of anilines is 2. The summed E-state index contributed by atoms with van der Waals surface area (Å²) in [5.74, 6) is 0.235. The highest BCUT2D eigenvalue weighted by Gasteiger charge is 2.38. The molecule has 0 amide bonds. The first kappa shape index (κ1) is 15.1. The second kappa shape index (κ2) is 5.43. The van der Waals surface area contributed by atoms with Gasteiger partial charge in [-0.05, 0) is 42.6 Å². The predicted octanol–water partition coefficient (Wildman–Crippen LogP) is 2.68. The van der Waals surface area contributed by atoms with E-state index in [0.29, 0.717) is 5.41 Å². The number of rotatable bonds is 3. The average molecular weight is 329 g/mol. The molecule has 0 unspecified atom stereocenters. The maximum absolute atomic E-state index is 12.3. The van der Waals surface area contributed by atoms with Gasteiger partial charge in [0.25, 0.3) is 0 Å². The molecule has 1 aromatic rings. The largest absolute Gasteiger partial charge is 0.382 e. The van der Waals surface area contributed by atoms with E-state index in [1.54, 1.807) is 6.92 Å². The zero-order valence-electron chi connectivity index (χ0n) is 12.5. The quantitative estimate of drug-likeness (QED) is 0.922. The van der Waals surface area contributed by atoms with Crippen LogP contribution in [0.4, 0.5) is 10.8 Å². The van der Waals surface area contributed by atoms with Crippen LogP contribution in [0.25, 0.3) is 0 Å². The molecular weight excluding hydrogens is 306 g/mol. The topological polar surface area (TPSA) is 76.3 Å². The Morgan fingerprint density at radius 2 is 1.86 bits per heavy atom. The maximum Gasteiger partial charge on any atom is 0.184 e. The molecule has 1 saturated heterocycles.